The normalized spacial score (nSPS) is 15.4. The summed E-state index contributed by atoms with van der Waals surface area (Å²) in [5, 5.41) is 3.75. The van der Waals surface area contributed by atoms with Crippen molar-refractivity contribution in [3.8, 4) is 16.8 Å². The summed E-state index contributed by atoms with van der Waals surface area (Å²) in [7, 11) is 0. The summed E-state index contributed by atoms with van der Waals surface area (Å²) < 4.78 is 4.83. The molecule has 0 radical (unpaired) electrons. The minimum Gasteiger partial charge on any atom is -0.334 e. The van der Waals surface area contributed by atoms with E-state index in [1.54, 1.807) is 0 Å². The molecule has 0 saturated carbocycles. The van der Waals surface area contributed by atoms with E-state index in [1.807, 2.05) is 12.4 Å². The standard InChI is InChI=1S/C47H36N4/c1-4-12-33(13-5-1)34-20-22-37(23-21-34)49(38-24-26-45-42(30-38)40-18-10-11-19-44(40)50(45)35-14-6-2-7-15-35)39-25-27-46-43(31-39)41-28-29-48-32-47(41)51(46)36-16-8-3-9-17-36/h1-6,8-14,16-29,31-32,38H,7,15,30H2. The molecule has 51 heavy (non-hydrogen) atoms. The largest absolute Gasteiger partial charge is 0.334 e. The van der Waals surface area contributed by atoms with Crippen LogP contribution in [0.25, 0.3) is 61.3 Å². The molecule has 3 aromatic heterocycles. The zero-order valence-corrected chi connectivity index (χ0v) is 28.2. The first kappa shape index (κ1) is 29.5. The Morgan fingerprint density at radius 3 is 2.20 bits per heavy atom. The first-order chi connectivity index (χ1) is 25.3. The van der Waals surface area contributed by atoms with Crippen LogP contribution in [0.15, 0.2) is 170 Å². The van der Waals surface area contributed by atoms with E-state index < -0.39 is 0 Å². The summed E-state index contributed by atoms with van der Waals surface area (Å²) in [4.78, 5) is 7.07. The van der Waals surface area contributed by atoms with Gasteiger partial charge in [0.25, 0.3) is 0 Å². The molecule has 2 aliphatic carbocycles. The SMILES string of the molecule is C1=CCCC(n2c3c(c4ccccc42)CC(N(c2ccc(-c4ccccc4)cc2)c2ccc4c(c2)c2ccncc2n4-c2ccccc2)C=C3)=C1. The molecule has 0 saturated heterocycles. The molecule has 0 spiro atoms. The van der Waals surface area contributed by atoms with Crippen molar-refractivity contribution < 1.29 is 0 Å². The quantitative estimate of drug-likeness (QED) is 0.178. The number of aromatic nitrogens is 3. The van der Waals surface area contributed by atoms with E-state index in [1.165, 1.54) is 66.6 Å². The molecule has 0 bridgehead atoms. The van der Waals surface area contributed by atoms with Gasteiger partial charge in [-0.15, -0.1) is 0 Å². The maximum absolute atomic E-state index is 4.54. The Morgan fingerprint density at radius 2 is 1.37 bits per heavy atom. The van der Waals surface area contributed by atoms with Gasteiger partial charge in [0.05, 0.1) is 28.8 Å². The number of anilines is 2. The molecule has 5 aromatic carbocycles. The Bertz CT molecular complexity index is 2660. The van der Waals surface area contributed by atoms with Gasteiger partial charge in [-0.05, 0) is 103 Å². The summed E-state index contributed by atoms with van der Waals surface area (Å²) in [6.07, 6.45) is 18.5. The van der Waals surface area contributed by atoms with Crippen molar-refractivity contribution in [1.82, 2.24) is 14.1 Å². The zero-order chi connectivity index (χ0) is 33.7. The fourth-order valence-corrected chi connectivity index (χ4v) is 8.30. The van der Waals surface area contributed by atoms with Gasteiger partial charge in [0.1, 0.15) is 0 Å². The summed E-state index contributed by atoms with van der Waals surface area (Å²) >= 11 is 0. The number of rotatable bonds is 6. The number of benzene rings is 5. The molecule has 0 N–H and O–H groups in total. The second-order valence-electron chi connectivity index (χ2n) is 13.5. The predicted octanol–water partition coefficient (Wildman–Crippen LogP) is 11.8. The van der Waals surface area contributed by atoms with Crippen LogP contribution in [0.1, 0.15) is 24.1 Å². The lowest BCUT2D eigenvalue weighted by atomic mass is 9.94. The first-order valence-corrected chi connectivity index (χ1v) is 17.9. The second kappa shape index (κ2) is 12.2. The highest BCUT2D eigenvalue weighted by Gasteiger charge is 2.28. The van der Waals surface area contributed by atoms with Crippen LogP contribution >= 0.6 is 0 Å². The summed E-state index contributed by atoms with van der Waals surface area (Å²) in [5.41, 5.74) is 13.6. The van der Waals surface area contributed by atoms with Crippen molar-refractivity contribution in [3.63, 3.8) is 0 Å². The van der Waals surface area contributed by atoms with Crippen molar-refractivity contribution in [2.45, 2.75) is 25.3 Å². The van der Waals surface area contributed by atoms with Gasteiger partial charge in [0.2, 0.25) is 0 Å². The monoisotopic (exact) mass is 656 g/mol. The molecule has 10 rings (SSSR count). The minimum absolute atomic E-state index is 0.112. The van der Waals surface area contributed by atoms with Gasteiger partial charge >= 0.3 is 0 Å². The number of fused-ring (bicyclic) bond motifs is 6. The van der Waals surface area contributed by atoms with Crippen molar-refractivity contribution in [2.75, 3.05) is 4.90 Å². The third kappa shape index (κ3) is 4.94. The third-order valence-electron chi connectivity index (χ3n) is 10.6. The molecule has 4 heteroatoms. The number of nitrogens with zero attached hydrogens (tertiary/aromatic N) is 4. The molecular formula is C47H36N4. The molecule has 0 aliphatic heterocycles. The highest BCUT2D eigenvalue weighted by molar-refractivity contribution is 6.10. The number of hydrogen-bond acceptors (Lipinski definition) is 2. The van der Waals surface area contributed by atoms with E-state index in [4.69, 9.17) is 0 Å². The van der Waals surface area contributed by atoms with Crippen molar-refractivity contribution in [3.05, 3.63) is 181 Å². The fraction of sp³-hybridized carbons (Fsp3) is 0.0851. The smallest absolute Gasteiger partial charge is 0.0724 e. The summed E-state index contributed by atoms with van der Waals surface area (Å²) in [6.45, 7) is 0. The van der Waals surface area contributed by atoms with Gasteiger partial charge in [-0.2, -0.15) is 0 Å². The average Bonchev–Trinajstić information content (AvgIpc) is 3.72. The van der Waals surface area contributed by atoms with Gasteiger partial charge in [-0.25, -0.2) is 0 Å². The Labute approximate surface area is 297 Å². The van der Waals surface area contributed by atoms with Crippen molar-refractivity contribution in [2.24, 2.45) is 0 Å². The molecule has 3 heterocycles. The summed E-state index contributed by atoms with van der Waals surface area (Å²) in [6, 6.07) is 48.5. The molecule has 8 aromatic rings. The highest BCUT2D eigenvalue weighted by Crippen LogP contribution is 2.41. The maximum Gasteiger partial charge on any atom is 0.0724 e. The van der Waals surface area contributed by atoms with Crippen LogP contribution in [0.3, 0.4) is 0 Å². The average molecular weight is 657 g/mol. The topological polar surface area (TPSA) is 26.0 Å². The van der Waals surface area contributed by atoms with E-state index >= 15 is 0 Å². The number of hydrogen-bond donors (Lipinski definition) is 0. The van der Waals surface area contributed by atoms with Gasteiger partial charge in [-0.3, -0.25) is 4.98 Å². The second-order valence-corrected chi connectivity index (χ2v) is 13.5. The molecule has 2 aliphatic rings. The molecule has 0 fully saturated rings. The Balaban J connectivity index is 1.14. The Hall–Kier alpha value is -6.39. The lowest BCUT2D eigenvalue weighted by Crippen LogP contribution is -2.33. The predicted molar refractivity (Wildman–Crippen MR) is 214 cm³/mol. The van der Waals surface area contributed by atoms with Crippen LogP contribution in [0.5, 0.6) is 0 Å². The summed E-state index contributed by atoms with van der Waals surface area (Å²) in [5.74, 6) is 0. The van der Waals surface area contributed by atoms with Crippen molar-refractivity contribution in [1.29, 1.82) is 0 Å². The highest BCUT2D eigenvalue weighted by atomic mass is 15.2. The molecular weight excluding hydrogens is 621 g/mol. The molecule has 1 unspecified atom stereocenters. The molecule has 1 atom stereocenters. The van der Waals surface area contributed by atoms with Crippen LogP contribution in [-0.4, -0.2) is 20.2 Å². The van der Waals surface area contributed by atoms with E-state index in [0.717, 1.165) is 30.5 Å². The van der Waals surface area contributed by atoms with Gasteiger partial charge in [0, 0.05) is 50.8 Å². The lowest BCUT2D eigenvalue weighted by molar-refractivity contribution is 0.766. The van der Waals surface area contributed by atoms with E-state index in [0.29, 0.717) is 0 Å². The molecule has 4 nitrogen and oxygen atoms in total. The van der Waals surface area contributed by atoms with Crippen LogP contribution in [0.2, 0.25) is 0 Å². The third-order valence-corrected chi connectivity index (χ3v) is 10.6. The van der Waals surface area contributed by atoms with E-state index in [2.05, 4.69) is 183 Å². The Morgan fingerprint density at radius 1 is 0.627 bits per heavy atom. The van der Waals surface area contributed by atoms with Crippen LogP contribution < -0.4 is 4.90 Å². The molecule has 0 amide bonds. The van der Waals surface area contributed by atoms with Crippen LogP contribution in [-0.2, 0) is 6.42 Å². The lowest BCUT2D eigenvalue weighted by Gasteiger charge is -2.34. The molecule has 244 valence electrons. The van der Waals surface area contributed by atoms with E-state index in [9.17, 15) is 0 Å². The van der Waals surface area contributed by atoms with Crippen LogP contribution in [0, 0.1) is 0 Å². The van der Waals surface area contributed by atoms with Gasteiger partial charge in [-0.1, -0.05) is 97.1 Å². The van der Waals surface area contributed by atoms with Crippen molar-refractivity contribution >= 4 is 55.9 Å². The number of allylic oxidation sites excluding steroid dienone is 4. The maximum atomic E-state index is 4.54. The zero-order valence-electron chi connectivity index (χ0n) is 28.2. The number of para-hydroxylation sites is 2. The fourth-order valence-electron chi connectivity index (χ4n) is 8.30. The van der Waals surface area contributed by atoms with Gasteiger partial charge < -0.3 is 14.0 Å². The van der Waals surface area contributed by atoms with E-state index in [-0.39, 0.29) is 6.04 Å². The van der Waals surface area contributed by atoms with Gasteiger partial charge in [0.15, 0.2) is 0 Å². The Kier molecular flexibility index (Phi) is 7.05. The first-order valence-electron chi connectivity index (χ1n) is 17.9. The number of pyridine rings is 1. The minimum atomic E-state index is 0.112. The van der Waals surface area contributed by atoms with Crippen LogP contribution in [0.4, 0.5) is 11.4 Å².